The molecule has 1 fully saturated rings. The molecule has 2 heterocycles. The molecule has 1 aromatic rings. The molecule has 6 heteroatoms. The van der Waals surface area contributed by atoms with Crippen molar-refractivity contribution in [2.75, 3.05) is 19.6 Å². The van der Waals surface area contributed by atoms with Crippen LogP contribution in [0.5, 0.6) is 0 Å². The molecule has 2 N–H and O–H groups in total. The van der Waals surface area contributed by atoms with Crippen molar-refractivity contribution in [3.63, 3.8) is 0 Å². The highest BCUT2D eigenvalue weighted by molar-refractivity contribution is 5.85. The fourth-order valence-corrected chi connectivity index (χ4v) is 2.04. The Kier molecular flexibility index (Phi) is 5.01. The highest BCUT2D eigenvalue weighted by Crippen LogP contribution is 2.27. The largest absolute Gasteiger partial charge is 0.343 e. The summed E-state index contributed by atoms with van der Waals surface area (Å²) in [6.45, 7) is 2.70. The Morgan fingerprint density at radius 2 is 2.40 bits per heavy atom. The smallest absolute Gasteiger partial charge is 0.213 e. The highest BCUT2D eigenvalue weighted by atomic mass is 35.5. The van der Waals surface area contributed by atoms with Crippen LogP contribution in [0.4, 0.5) is 0 Å². The number of halogens is 1. The third-order valence-electron chi connectivity index (χ3n) is 2.71. The van der Waals surface area contributed by atoms with Crippen LogP contribution in [0.1, 0.15) is 31.1 Å². The SMILES string of the molecule is Cl.NCCN1CCCCC1c1ncon1. The van der Waals surface area contributed by atoms with E-state index in [1.165, 1.54) is 19.2 Å². The summed E-state index contributed by atoms with van der Waals surface area (Å²) in [5.41, 5.74) is 5.57. The highest BCUT2D eigenvalue weighted by Gasteiger charge is 2.26. The second-order valence-electron chi connectivity index (χ2n) is 3.63. The zero-order chi connectivity index (χ0) is 9.80. The van der Waals surface area contributed by atoms with E-state index in [4.69, 9.17) is 10.3 Å². The van der Waals surface area contributed by atoms with E-state index >= 15 is 0 Å². The van der Waals surface area contributed by atoms with E-state index in [9.17, 15) is 0 Å². The van der Waals surface area contributed by atoms with Crippen molar-refractivity contribution in [3.05, 3.63) is 12.2 Å². The number of hydrogen-bond donors (Lipinski definition) is 1. The number of nitrogens with two attached hydrogens (primary N) is 1. The van der Waals surface area contributed by atoms with Crippen LogP contribution in [-0.2, 0) is 0 Å². The number of piperidine rings is 1. The van der Waals surface area contributed by atoms with Crippen LogP contribution in [0.25, 0.3) is 0 Å². The molecule has 0 bridgehead atoms. The molecule has 0 aromatic carbocycles. The Bertz CT molecular complexity index is 265. The minimum absolute atomic E-state index is 0. The van der Waals surface area contributed by atoms with Gasteiger partial charge in [0.1, 0.15) is 0 Å². The third-order valence-corrected chi connectivity index (χ3v) is 2.71. The quantitative estimate of drug-likeness (QED) is 0.842. The molecule has 1 unspecified atom stereocenters. The predicted molar refractivity (Wildman–Crippen MR) is 58.8 cm³/mol. The molecular formula is C9H17ClN4O. The summed E-state index contributed by atoms with van der Waals surface area (Å²) in [5.74, 6) is 0.804. The first-order valence-electron chi connectivity index (χ1n) is 5.12. The molecule has 1 aliphatic heterocycles. The van der Waals surface area contributed by atoms with Gasteiger partial charge in [-0.2, -0.15) is 4.98 Å². The molecule has 0 radical (unpaired) electrons. The normalized spacial score (nSPS) is 22.3. The molecule has 1 aliphatic rings. The summed E-state index contributed by atoms with van der Waals surface area (Å²) >= 11 is 0. The lowest BCUT2D eigenvalue weighted by Crippen LogP contribution is -2.37. The van der Waals surface area contributed by atoms with Gasteiger partial charge in [-0.25, -0.2) is 0 Å². The monoisotopic (exact) mass is 232 g/mol. The van der Waals surface area contributed by atoms with Gasteiger partial charge in [-0.3, -0.25) is 4.90 Å². The van der Waals surface area contributed by atoms with Gasteiger partial charge in [0.25, 0.3) is 0 Å². The fourth-order valence-electron chi connectivity index (χ4n) is 2.04. The van der Waals surface area contributed by atoms with Crippen molar-refractivity contribution < 1.29 is 4.52 Å². The van der Waals surface area contributed by atoms with Gasteiger partial charge in [0, 0.05) is 13.1 Å². The summed E-state index contributed by atoms with van der Waals surface area (Å²) in [5, 5.41) is 3.90. The maximum atomic E-state index is 5.57. The van der Waals surface area contributed by atoms with Crippen LogP contribution in [0, 0.1) is 0 Å². The van der Waals surface area contributed by atoms with Gasteiger partial charge < -0.3 is 10.3 Å². The molecule has 1 aromatic heterocycles. The maximum Gasteiger partial charge on any atom is 0.213 e. The Morgan fingerprint density at radius 1 is 1.53 bits per heavy atom. The second kappa shape index (κ2) is 6.05. The first kappa shape index (κ1) is 12.4. The van der Waals surface area contributed by atoms with Crippen molar-refractivity contribution in [1.82, 2.24) is 15.0 Å². The summed E-state index contributed by atoms with van der Waals surface area (Å²) < 4.78 is 4.78. The lowest BCUT2D eigenvalue weighted by Gasteiger charge is -2.33. The molecule has 0 aliphatic carbocycles. The molecule has 1 atom stereocenters. The molecule has 86 valence electrons. The van der Waals surface area contributed by atoms with E-state index in [1.807, 2.05) is 0 Å². The van der Waals surface area contributed by atoms with E-state index in [-0.39, 0.29) is 12.4 Å². The summed E-state index contributed by atoms with van der Waals surface area (Å²) in [6.07, 6.45) is 4.98. The van der Waals surface area contributed by atoms with Crippen LogP contribution >= 0.6 is 12.4 Å². The second-order valence-corrected chi connectivity index (χ2v) is 3.63. The van der Waals surface area contributed by atoms with E-state index in [0.29, 0.717) is 12.6 Å². The van der Waals surface area contributed by atoms with Crippen molar-refractivity contribution in [2.24, 2.45) is 5.73 Å². The first-order chi connectivity index (χ1) is 6.92. The van der Waals surface area contributed by atoms with Gasteiger partial charge >= 0.3 is 0 Å². The molecule has 15 heavy (non-hydrogen) atoms. The summed E-state index contributed by atoms with van der Waals surface area (Å²) in [4.78, 5) is 6.45. The predicted octanol–water partition coefficient (Wildman–Crippen LogP) is 0.977. The Labute approximate surface area is 95.4 Å². The third kappa shape index (κ3) is 2.90. The van der Waals surface area contributed by atoms with Gasteiger partial charge in [0.2, 0.25) is 6.39 Å². The van der Waals surface area contributed by atoms with Crippen molar-refractivity contribution in [1.29, 1.82) is 0 Å². The van der Waals surface area contributed by atoms with Crippen LogP contribution in [0.2, 0.25) is 0 Å². The van der Waals surface area contributed by atoms with Crippen molar-refractivity contribution in [2.45, 2.75) is 25.3 Å². The zero-order valence-corrected chi connectivity index (χ0v) is 9.45. The van der Waals surface area contributed by atoms with Crippen LogP contribution < -0.4 is 5.73 Å². The number of likely N-dealkylation sites (tertiary alicyclic amines) is 1. The van der Waals surface area contributed by atoms with Crippen molar-refractivity contribution in [3.8, 4) is 0 Å². The minimum Gasteiger partial charge on any atom is -0.343 e. The topological polar surface area (TPSA) is 68.2 Å². The molecule has 0 spiro atoms. The Hall–Kier alpha value is -0.650. The fraction of sp³-hybridized carbons (Fsp3) is 0.778. The van der Waals surface area contributed by atoms with Crippen LogP contribution in [0.15, 0.2) is 10.9 Å². The standard InChI is InChI=1S/C9H16N4O.ClH/c10-4-6-13-5-2-1-3-8(13)9-11-7-14-12-9;/h7-8H,1-6,10H2;1H. The minimum atomic E-state index is 0. The van der Waals surface area contributed by atoms with Gasteiger partial charge in [-0.05, 0) is 19.4 Å². The van der Waals surface area contributed by atoms with E-state index in [0.717, 1.165) is 25.3 Å². The molecule has 5 nitrogen and oxygen atoms in total. The average Bonchev–Trinajstić information content (AvgIpc) is 2.72. The number of rotatable bonds is 3. The number of hydrogen-bond acceptors (Lipinski definition) is 5. The number of aromatic nitrogens is 2. The molecule has 1 saturated heterocycles. The summed E-state index contributed by atoms with van der Waals surface area (Å²) in [7, 11) is 0. The lowest BCUT2D eigenvalue weighted by atomic mass is 10.0. The van der Waals surface area contributed by atoms with E-state index in [2.05, 4.69) is 15.0 Å². The molecular weight excluding hydrogens is 216 g/mol. The van der Waals surface area contributed by atoms with Gasteiger partial charge in [-0.1, -0.05) is 11.6 Å². The molecule has 0 amide bonds. The molecule has 0 saturated carbocycles. The Morgan fingerprint density at radius 3 is 3.07 bits per heavy atom. The van der Waals surface area contributed by atoms with E-state index in [1.54, 1.807) is 0 Å². The van der Waals surface area contributed by atoms with Crippen LogP contribution in [0.3, 0.4) is 0 Å². The first-order valence-corrected chi connectivity index (χ1v) is 5.12. The molecule has 2 rings (SSSR count). The average molecular weight is 233 g/mol. The van der Waals surface area contributed by atoms with Gasteiger partial charge in [-0.15, -0.1) is 12.4 Å². The van der Waals surface area contributed by atoms with Crippen molar-refractivity contribution >= 4 is 12.4 Å². The van der Waals surface area contributed by atoms with Gasteiger partial charge in [0.05, 0.1) is 6.04 Å². The Balaban J connectivity index is 0.00000112. The number of nitrogens with zero attached hydrogens (tertiary/aromatic N) is 3. The lowest BCUT2D eigenvalue weighted by molar-refractivity contribution is 0.144. The van der Waals surface area contributed by atoms with Gasteiger partial charge in [0.15, 0.2) is 5.82 Å². The maximum absolute atomic E-state index is 5.57. The van der Waals surface area contributed by atoms with E-state index < -0.39 is 0 Å². The van der Waals surface area contributed by atoms with Crippen LogP contribution in [-0.4, -0.2) is 34.7 Å². The summed E-state index contributed by atoms with van der Waals surface area (Å²) in [6, 6.07) is 0.311. The zero-order valence-electron chi connectivity index (χ0n) is 8.63.